The Hall–Kier alpha value is -1.80. The van der Waals surface area contributed by atoms with Gasteiger partial charge in [0.2, 0.25) is 5.91 Å². The summed E-state index contributed by atoms with van der Waals surface area (Å²) in [5.74, 6) is -0.588. The molecule has 0 radical (unpaired) electrons. The lowest BCUT2D eigenvalue weighted by Crippen LogP contribution is -2.37. The van der Waals surface area contributed by atoms with E-state index in [1.54, 1.807) is 31.2 Å². The molecule has 0 bridgehead atoms. The lowest BCUT2D eigenvalue weighted by molar-refractivity contribution is -0.175. The van der Waals surface area contributed by atoms with Gasteiger partial charge >= 0.3 is 6.18 Å². The number of rotatable bonds is 9. The van der Waals surface area contributed by atoms with E-state index in [2.05, 4.69) is 15.4 Å². The van der Waals surface area contributed by atoms with Gasteiger partial charge in [0.1, 0.15) is 6.61 Å². The van der Waals surface area contributed by atoms with Gasteiger partial charge in [0, 0.05) is 29.6 Å². The second-order valence-electron chi connectivity index (χ2n) is 5.47. The molecule has 0 spiro atoms. The van der Waals surface area contributed by atoms with Gasteiger partial charge < -0.3 is 15.4 Å². The highest BCUT2D eigenvalue weighted by atomic mass is 35.5. The topological polar surface area (TPSA) is 67.4 Å². The first-order chi connectivity index (χ1) is 11.7. The number of carbonyl (C=O) groups excluding carboxylic acids is 2. The number of halogens is 4. The summed E-state index contributed by atoms with van der Waals surface area (Å²) in [5, 5.41) is 5.73. The fourth-order valence-electron chi connectivity index (χ4n) is 1.89. The molecule has 140 valence electrons. The van der Waals surface area contributed by atoms with Crippen molar-refractivity contribution in [3.05, 3.63) is 34.9 Å². The van der Waals surface area contributed by atoms with Crippen LogP contribution < -0.4 is 10.6 Å². The van der Waals surface area contributed by atoms with Crippen molar-refractivity contribution in [2.75, 3.05) is 19.8 Å². The summed E-state index contributed by atoms with van der Waals surface area (Å²) in [6, 6.07) is 5.86. The van der Waals surface area contributed by atoms with Gasteiger partial charge in [0.05, 0.1) is 6.61 Å². The molecule has 2 N–H and O–H groups in total. The molecule has 1 aromatic rings. The molecular formula is C16H20ClF3N2O3. The van der Waals surface area contributed by atoms with Gasteiger partial charge in [0.15, 0.2) is 0 Å². The molecule has 0 saturated carbocycles. The molecule has 0 aliphatic carbocycles. The fraction of sp³-hybridized carbons (Fsp3) is 0.500. The van der Waals surface area contributed by atoms with Gasteiger partial charge in [0.25, 0.3) is 5.91 Å². The molecule has 1 aromatic carbocycles. The largest absolute Gasteiger partial charge is 0.411 e. The van der Waals surface area contributed by atoms with Crippen molar-refractivity contribution in [2.45, 2.75) is 32.0 Å². The van der Waals surface area contributed by atoms with Crippen LogP contribution in [-0.4, -0.2) is 43.8 Å². The summed E-state index contributed by atoms with van der Waals surface area (Å²) < 4.78 is 40.3. The SMILES string of the molecule is CC(COCC(F)(F)F)NC(=O)CCCNC(=O)c1ccc(Cl)cc1. The molecule has 9 heteroatoms. The maximum Gasteiger partial charge on any atom is 0.411 e. The first kappa shape index (κ1) is 21.2. The third kappa shape index (κ3) is 9.93. The molecule has 1 rings (SSSR count). The average molecular weight is 381 g/mol. The Balaban J connectivity index is 2.15. The van der Waals surface area contributed by atoms with Crippen molar-refractivity contribution in [3.8, 4) is 0 Å². The second kappa shape index (κ2) is 10.2. The van der Waals surface area contributed by atoms with Crippen LogP contribution in [0.15, 0.2) is 24.3 Å². The molecule has 0 heterocycles. The van der Waals surface area contributed by atoms with E-state index in [1.165, 1.54) is 0 Å². The van der Waals surface area contributed by atoms with Gasteiger partial charge in [-0.25, -0.2) is 0 Å². The number of nitrogens with one attached hydrogen (secondary N) is 2. The Morgan fingerprint density at radius 2 is 1.88 bits per heavy atom. The molecule has 25 heavy (non-hydrogen) atoms. The Kier molecular flexibility index (Phi) is 8.71. The molecule has 0 saturated heterocycles. The lowest BCUT2D eigenvalue weighted by atomic mass is 10.2. The number of alkyl halides is 3. The summed E-state index contributed by atoms with van der Waals surface area (Å²) in [4.78, 5) is 23.5. The maximum atomic E-state index is 11.9. The van der Waals surface area contributed by atoms with E-state index >= 15 is 0 Å². The minimum atomic E-state index is -4.38. The van der Waals surface area contributed by atoms with Gasteiger partial charge in [-0.05, 0) is 37.6 Å². The van der Waals surface area contributed by atoms with E-state index < -0.39 is 18.8 Å². The molecule has 0 aromatic heterocycles. The van der Waals surface area contributed by atoms with Crippen molar-refractivity contribution in [3.63, 3.8) is 0 Å². The Morgan fingerprint density at radius 1 is 1.24 bits per heavy atom. The smallest absolute Gasteiger partial charge is 0.370 e. The van der Waals surface area contributed by atoms with Gasteiger partial charge in [-0.2, -0.15) is 13.2 Å². The summed E-state index contributed by atoms with van der Waals surface area (Å²) in [6.45, 7) is 0.285. The molecule has 5 nitrogen and oxygen atoms in total. The molecule has 0 fully saturated rings. The van der Waals surface area contributed by atoms with Gasteiger partial charge in [-0.3, -0.25) is 9.59 Å². The van der Waals surface area contributed by atoms with E-state index in [0.29, 0.717) is 23.6 Å². The van der Waals surface area contributed by atoms with Crippen LogP contribution in [0.5, 0.6) is 0 Å². The number of carbonyl (C=O) groups is 2. The van der Waals surface area contributed by atoms with Crippen molar-refractivity contribution < 1.29 is 27.5 Å². The summed E-state index contributed by atoms with van der Waals surface area (Å²) in [5.41, 5.74) is 0.462. The zero-order chi connectivity index (χ0) is 18.9. The molecule has 0 aliphatic rings. The minimum Gasteiger partial charge on any atom is -0.370 e. The predicted octanol–water partition coefficient (Wildman–Crippen LogP) is 2.93. The van der Waals surface area contributed by atoms with Crippen LogP contribution >= 0.6 is 11.6 Å². The minimum absolute atomic E-state index is 0.143. The quantitative estimate of drug-likeness (QED) is 0.647. The Labute approximate surface area is 148 Å². The number of benzene rings is 1. The van der Waals surface area contributed by atoms with Crippen molar-refractivity contribution in [2.24, 2.45) is 0 Å². The third-order valence-corrected chi connectivity index (χ3v) is 3.27. The van der Waals surface area contributed by atoms with Crippen LogP contribution in [-0.2, 0) is 9.53 Å². The van der Waals surface area contributed by atoms with Crippen LogP contribution in [0, 0.1) is 0 Å². The molecule has 1 atom stereocenters. The van der Waals surface area contributed by atoms with Gasteiger partial charge in [-0.1, -0.05) is 11.6 Å². The highest BCUT2D eigenvalue weighted by Crippen LogP contribution is 2.14. The van der Waals surface area contributed by atoms with Crippen molar-refractivity contribution in [1.82, 2.24) is 10.6 Å². The van der Waals surface area contributed by atoms with E-state index in [4.69, 9.17) is 11.6 Å². The molecule has 0 aliphatic heterocycles. The van der Waals surface area contributed by atoms with E-state index in [-0.39, 0.29) is 24.8 Å². The van der Waals surface area contributed by atoms with Gasteiger partial charge in [-0.15, -0.1) is 0 Å². The number of ether oxygens (including phenoxy) is 1. The molecule has 2 amide bonds. The monoisotopic (exact) mass is 380 g/mol. The number of hydrogen-bond acceptors (Lipinski definition) is 3. The third-order valence-electron chi connectivity index (χ3n) is 3.01. The van der Waals surface area contributed by atoms with Crippen LogP contribution in [0.1, 0.15) is 30.1 Å². The summed E-state index contributed by atoms with van der Waals surface area (Å²) in [6.07, 6.45) is -3.84. The predicted molar refractivity (Wildman–Crippen MR) is 87.5 cm³/mol. The number of hydrogen-bond donors (Lipinski definition) is 2. The van der Waals surface area contributed by atoms with Crippen LogP contribution in [0.3, 0.4) is 0 Å². The van der Waals surface area contributed by atoms with Crippen molar-refractivity contribution in [1.29, 1.82) is 0 Å². The van der Waals surface area contributed by atoms with Crippen molar-refractivity contribution >= 4 is 23.4 Å². The number of amides is 2. The Bertz CT molecular complexity index is 565. The second-order valence-corrected chi connectivity index (χ2v) is 5.90. The standard InChI is InChI=1S/C16H20ClF3N2O3/c1-11(9-25-10-16(18,19)20)22-14(23)3-2-8-21-15(24)12-4-6-13(17)7-5-12/h4-7,11H,2-3,8-10H2,1H3,(H,21,24)(H,22,23). The summed E-state index contributed by atoms with van der Waals surface area (Å²) in [7, 11) is 0. The van der Waals surface area contributed by atoms with Crippen LogP contribution in [0.4, 0.5) is 13.2 Å². The first-order valence-corrected chi connectivity index (χ1v) is 8.03. The van der Waals surface area contributed by atoms with E-state index in [0.717, 1.165) is 0 Å². The van der Waals surface area contributed by atoms with Crippen LogP contribution in [0.25, 0.3) is 0 Å². The first-order valence-electron chi connectivity index (χ1n) is 7.65. The fourth-order valence-corrected chi connectivity index (χ4v) is 2.02. The normalized spacial score (nSPS) is 12.5. The van der Waals surface area contributed by atoms with E-state index in [1.807, 2.05) is 0 Å². The zero-order valence-corrected chi connectivity index (χ0v) is 14.4. The summed E-state index contributed by atoms with van der Waals surface area (Å²) >= 11 is 5.73. The molecular weight excluding hydrogens is 361 g/mol. The van der Waals surface area contributed by atoms with E-state index in [9.17, 15) is 22.8 Å². The average Bonchev–Trinajstić information content (AvgIpc) is 2.50. The lowest BCUT2D eigenvalue weighted by Gasteiger charge is -2.15. The zero-order valence-electron chi connectivity index (χ0n) is 13.7. The highest BCUT2D eigenvalue weighted by molar-refractivity contribution is 6.30. The Morgan fingerprint density at radius 3 is 2.48 bits per heavy atom. The maximum absolute atomic E-state index is 11.9. The van der Waals surface area contributed by atoms with Crippen LogP contribution in [0.2, 0.25) is 5.02 Å². The molecule has 1 unspecified atom stereocenters. The highest BCUT2D eigenvalue weighted by Gasteiger charge is 2.27.